The van der Waals surface area contributed by atoms with Crippen molar-refractivity contribution < 1.29 is 9.53 Å². The Balaban J connectivity index is 1.92. The topological polar surface area (TPSA) is 63.2 Å². The van der Waals surface area contributed by atoms with Crippen LogP contribution in [0.1, 0.15) is 22.5 Å². The Morgan fingerprint density at radius 3 is 2.73 bits per heavy atom. The van der Waals surface area contributed by atoms with Crippen LogP contribution in [-0.4, -0.2) is 31.2 Å². The Labute approximate surface area is 130 Å². The number of aryl methyl sites for hydroxylation is 1. The molecule has 1 amide bonds. The van der Waals surface area contributed by atoms with Crippen molar-refractivity contribution in [2.75, 3.05) is 25.6 Å². The standard InChI is InChI=1S/C17H21N3O2/c1-13-6-3-4-7-15(13)20-14-8-9-16(19-12-14)17(21)18-10-5-11-22-2/h3-4,6-9,12,20H,5,10-11H2,1-2H3,(H,18,21). The summed E-state index contributed by atoms with van der Waals surface area (Å²) in [5, 5.41) is 6.10. The highest BCUT2D eigenvalue weighted by atomic mass is 16.5. The third-order valence-electron chi connectivity index (χ3n) is 3.23. The minimum absolute atomic E-state index is 0.168. The maximum absolute atomic E-state index is 11.9. The quantitative estimate of drug-likeness (QED) is 0.772. The molecule has 0 saturated heterocycles. The molecule has 0 bridgehead atoms. The van der Waals surface area contributed by atoms with E-state index < -0.39 is 0 Å². The van der Waals surface area contributed by atoms with Gasteiger partial charge in [0.05, 0.1) is 11.9 Å². The van der Waals surface area contributed by atoms with Crippen molar-refractivity contribution in [2.24, 2.45) is 0 Å². The zero-order valence-corrected chi connectivity index (χ0v) is 12.9. The van der Waals surface area contributed by atoms with Gasteiger partial charge < -0.3 is 15.4 Å². The normalized spacial score (nSPS) is 10.3. The molecule has 5 heteroatoms. The number of amides is 1. The van der Waals surface area contributed by atoms with E-state index in [1.54, 1.807) is 19.4 Å². The fourth-order valence-corrected chi connectivity index (χ4v) is 1.98. The van der Waals surface area contributed by atoms with Crippen LogP contribution >= 0.6 is 0 Å². The van der Waals surface area contributed by atoms with Gasteiger partial charge in [0.2, 0.25) is 0 Å². The fourth-order valence-electron chi connectivity index (χ4n) is 1.98. The summed E-state index contributed by atoms with van der Waals surface area (Å²) in [4.78, 5) is 16.1. The van der Waals surface area contributed by atoms with Gasteiger partial charge in [-0.05, 0) is 37.1 Å². The van der Waals surface area contributed by atoms with Gasteiger partial charge >= 0.3 is 0 Å². The van der Waals surface area contributed by atoms with Crippen molar-refractivity contribution >= 4 is 17.3 Å². The van der Waals surface area contributed by atoms with Gasteiger partial charge in [0.25, 0.3) is 5.91 Å². The smallest absolute Gasteiger partial charge is 0.269 e. The predicted molar refractivity (Wildman–Crippen MR) is 87.5 cm³/mol. The number of hydrogen-bond acceptors (Lipinski definition) is 4. The highest BCUT2D eigenvalue weighted by Gasteiger charge is 2.06. The second-order valence-corrected chi connectivity index (χ2v) is 4.97. The Morgan fingerprint density at radius 2 is 2.05 bits per heavy atom. The number of hydrogen-bond donors (Lipinski definition) is 2. The fraction of sp³-hybridized carbons (Fsp3) is 0.294. The summed E-state index contributed by atoms with van der Waals surface area (Å²) in [7, 11) is 1.64. The summed E-state index contributed by atoms with van der Waals surface area (Å²) in [5.74, 6) is -0.168. The Morgan fingerprint density at radius 1 is 1.23 bits per heavy atom. The summed E-state index contributed by atoms with van der Waals surface area (Å²) < 4.78 is 4.94. The van der Waals surface area contributed by atoms with Crippen molar-refractivity contribution in [3.8, 4) is 0 Å². The summed E-state index contributed by atoms with van der Waals surface area (Å²) >= 11 is 0. The molecular weight excluding hydrogens is 278 g/mol. The van der Waals surface area contributed by atoms with E-state index in [2.05, 4.69) is 15.6 Å². The van der Waals surface area contributed by atoms with E-state index in [-0.39, 0.29) is 5.91 Å². The van der Waals surface area contributed by atoms with E-state index in [1.807, 2.05) is 37.3 Å². The lowest BCUT2D eigenvalue weighted by molar-refractivity contribution is 0.0943. The Hall–Kier alpha value is -2.40. The summed E-state index contributed by atoms with van der Waals surface area (Å²) in [6.45, 7) is 3.25. The molecule has 2 aromatic rings. The zero-order valence-electron chi connectivity index (χ0n) is 12.9. The van der Waals surface area contributed by atoms with E-state index in [1.165, 1.54) is 0 Å². The van der Waals surface area contributed by atoms with Gasteiger partial charge in [-0.3, -0.25) is 4.79 Å². The predicted octanol–water partition coefficient (Wildman–Crippen LogP) is 2.90. The lowest BCUT2D eigenvalue weighted by Crippen LogP contribution is -2.26. The lowest BCUT2D eigenvalue weighted by atomic mass is 10.2. The molecule has 2 N–H and O–H groups in total. The molecule has 1 heterocycles. The first-order valence-corrected chi connectivity index (χ1v) is 7.26. The summed E-state index contributed by atoms with van der Waals surface area (Å²) in [6.07, 6.45) is 2.45. The van der Waals surface area contributed by atoms with Gasteiger partial charge in [-0.1, -0.05) is 18.2 Å². The molecule has 0 spiro atoms. The van der Waals surface area contributed by atoms with Crippen LogP contribution in [0.25, 0.3) is 0 Å². The van der Waals surface area contributed by atoms with E-state index in [0.29, 0.717) is 18.8 Å². The lowest BCUT2D eigenvalue weighted by Gasteiger charge is -2.09. The average molecular weight is 299 g/mol. The Kier molecular flexibility index (Phi) is 5.91. The maximum atomic E-state index is 11.9. The molecule has 1 aromatic carbocycles. The monoisotopic (exact) mass is 299 g/mol. The highest BCUT2D eigenvalue weighted by molar-refractivity contribution is 5.92. The largest absolute Gasteiger partial charge is 0.385 e. The van der Waals surface area contributed by atoms with Crippen LogP contribution in [-0.2, 0) is 4.74 Å². The molecule has 2 rings (SSSR count). The molecule has 0 saturated carbocycles. The molecule has 0 aliphatic carbocycles. The zero-order chi connectivity index (χ0) is 15.8. The van der Waals surface area contributed by atoms with Gasteiger partial charge in [-0.2, -0.15) is 0 Å². The van der Waals surface area contributed by atoms with Crippen LogP contribution in [0.15, 0.2) is 42.6 Å². The summed E-state index contributed by atoms with van der Waals surface area (Å²) in [5.41, 5.74) is 3.45. The first-order valence-electron chi connectivity index (χ1n) is 7.26. The van der Waals surface area contributed by atoms with Gasteiger partial charge in [-0.25, -0.2) is 4.98 Å². The number of aromatic nitrogens is 1. The molecule has 0 unspecified atom stereocenters. The minimum atomic E-state index is -0.168. The van der Waals surface area contributed by atoms with E-state index in [0.717, 1.165) is 23.4 Å². The molecule has 22 heavy (non-hydrogen) atoms. The highest BCUT2D eigenvalue weighted by Crippen LogP contribution is 2.19. The molecule has 0 aliphatic heterocycles. The van der Waals surface area contributed by atoms with Crippen LogP contribution < -0.4 is 10.6 Å². The third kappa shape index (κ3) is 4.56. The molecule has 0 radical (unpaired) electrons. The van der Waals surface area contributed by atoms with Crippen molar-refractivity contribution in [3.05, 3.63) is 53.9 Å². The van der Waals surface area contributed by atoms with Gasteiger partial charge in [0.15, 0.2) is 0 Å². The van der Waals surface area contributed by atoms with Crippen LogP contribution in [0.2, 0.25) is 0 Å². The number of rotatable bonds is 7. The van der Waals surface area contributed by atoms with Gasteiger partial charge in [0.1, 0.15) is 5.69 Å². The van der Waals surface area contributed by atoms with Gasteiger partial charge in [0, 0.05) is 25.9 Å². The molecule has 1 aromatic heterocycles. The van der Waals surface area contributed by atoms with Crippen molar-refractivity contribution in [2.45, 2.75) is 13.3 Å². The minimum Gasteiger partial charge on any atom is -0.385 e. The number of carbonyl (C=O) groups excluding carboxylic acids is 1. The average Bonchev–Trinajstić information content (AvgIpc) is 2.54. The van der Waals surface area contributed by atoms with Crippen molar-refractivity contribution in [1.29, 1.82) is 0 Å². The van der Waals surface area contributed by atoms with Crippen molar-refractivity contribution in [3.63, 3.8) is 0 Å². The molecule has 0 fully saturated rings. The van der Waals surface area contributed by atoms with Crippen molar-refractivity contribution in [1.82, 2.24) is 10.3 Å². The van der Waals surface area contributed by atoms with Crippen LogP contribution in [0, 0.1) is 6.92 Å². The molecule has 116 valence electrons. The number of pyridine rings is 1. The number of para-hydroxylation sites is 1. The number of nitrogens with zero attached hydrogens (tertiary/aromatic N) is 1. The SMILES string of the molecule is COCCCNC(=O)c1ccc(Nc2ccccc2C)cn1. The molecule has 0 atom stereocenters. The van der Waals surface area contributed by atoms with E-state index >= 15 is 0 Å². The van der Waals surface area contributed by atoms with E-state index in [9.17, 15) is 4.79 Å². The second-order valence-electron chi connectivity index (χ2n) is 4.97. The number of carbonyl (C=O) groups is 1. The second kappa shape index (κ2) is 8.14. The van der Waals surface area contributed by atoms with E-state index in [4.69, 9.17) is 4.74 Å². The molecule has 5 nitrogen and oxygen atoms in total. The first kappa shape index (κ1) is 16.0. The summed E-state index contributed by atoms with van der Waals surface area (Å²) in [6, 6.07) is 11.6. The van der Waals surface area contributed by atoms with Gasteiger partial charge in [-0.15, -0.1) is 0 Å². The maximum Gasteiger partial charge on any atom is 0.269 e. The number of nitrogens with one attached hydrogen (secondary N) is 2. The van der Waals surface area contributed by atoms with Crippen LogP contribution in [0.5, 0.6) is 0 Å². The third-order valence-corrected chi connectivity index (χ3v) is 3.23. The molecule has 0 aliphatic rings. The number of ether oxygens (including phenoxy) is 1. The first-order chi connectivity index (χ1) is 10.7. The van der Waals surface area contributed by atoms with Crippen LogP contribution in [0.3, 0.4) is 0 Å². The number of benzene rings is 1. The number of methoxy groups -OCH3 is 1. The Bertz CT molecular complexity index is 612. The molecular formula is C17H21N3O2. The van der Waals surface area contributed by atoms with Crippen LogP contribution in [0.4, 0.5) is 11.4 Å². The number of anilines is 2.